The Morgan fingerprint density at radius 3 is 3.12 bits per heavy atom. The van der Waals surface area contributed by atoms with Crippen LogP contribution in [-0.4, -0.2) is 27.4 Å². The number of nitrogens with one attached hydrogen (secondary N) is 1. The van der Waals surface area contributed by atoms with Gasteiger partial charge in [-0.1, -0.05) is 11.6 Å². The average Bonchev–Trinajstić information content (AvgIpc) is 2.81. The summed E-state index contributed by atoms with van der Waals surface area (Å²) in [5, 5.41) is 7.64. The number of nitrogens with zero attached hydrogens (tertiary/aromatic N) is 3. The Kier molecular flexibility index (Phi) is 4.10. The topological polar surface area (TPSA) is 42.7 Å². The van der Waals surface area contributed by atoms with Gasteiger partial charge >= 0.3 is 0 Å². The molecule has 2 rings (SSSR count). The van der Waals surface area contributed by atoms with Crippen molar-refractivity contribution in [3.63, 3.8) is 0 Å². The molecule has 1 heterocycles. The van der Waals surface area contributed by atoms with Gasteiger partial charge in [0.15, 0.2) is 0 Å². The molecule has 0 bridgehead atoms. The summed E-state index contributed by atoms with van der Waals surface area (Å²) in [7, 11) is 0. The van der Waals surface area contributed by atoms with Gasteiger partial charge in [0.05, 0.1) is 6.54 Å². The molecule has 1 N–H and O–H groups in total. The molecule has 88 valence electrons. The fourth-order valence-corrected chi connectivity index (χ4v) is 2.04. The van der Waals surface area contributed by atoms with Gasteiger partial charge in [-0.3, -0.25) is 4.68 Å². The summed E-state index contributed by atoms with van der Waals surface area (Å²) in [4.78, 5) is 3.94. The maximum absolute atomic E-state index is 4.10. The molecule has 1 aliphatic rings. The molecule has 1 atom stereocenters. The number of rotatable bonds is 5. The summed E-state index contributed by atoms with van der Waals surface area (Å²) in [6.07, 6.45) is 11.0. The molecule has 0 spiro atoms. The van der Waals surface area contributed by atoms with Crippen LogP contribution in [0.2, 0.25) is 0 Å². The molecular weight excluding hydrogens is 200 g/mol. The van der Waals surface area contributed by atoms with Crippen LogP contribution >= 0.6 is 0 Å². The van der Waals surface area contributed by atoms with E-state index in [0.717, 1.165) is 13.1 Å². The van der Waals surface area contributed by atoms with Gasteiger partial charge in [-0.05, 0) is 32.6 Å². The monoisotopic (exact) mass is 220 g/mol. The Balaban J connectivity index is 1.71. The van der Waals surface area contributed by atoms with Gasteiger partial charge in [0.25, 0.3) is 0 Å². The lowest BCUT2D eigenvalue weighted by molar-refractivity contribution is 0.459. The number of aromatic nitrogens is 3. The standard InChI is InChI=1S/C12H20N4/c1-11(8-16-10-13-9-15-16)14-7-12-5-3-2-4-6-12/h5,9-11,14H,2-4,6-8H2,1H3/t11-/m0/s1. The first-order valence-electron chi connectivity index (χ1n) is 6.08. The molecule has 1 aromatic heterocycles. The molecular formula is C12H20N4. The first kappa shape index (κ1) is 11.3. The van der Waals surface area contributed by atoms with Crippen molar-refractivity contribution < 1.29 is 0 Å². The lowest BCUT2D eigenvalue weighted by Gasteiger charge is -2.17. The molecule has 0 radical (unpaired) electrons. The molecule has 16 heavy (non-hydrogen) atoms. The van der Waals surface area contributed by atoms with Crippen LogP contribution in [0.25, 0.3) is 0 Å². The highest BCUT2D eigenvalue weighted by atomic mass is 15.3. The van der Waals surface area contributed by atoms with E-state index in [1.54, 1.807) is 18.2 Å². The van der Waals surface area contributed by atoms with Crippen molar-refractivity contribution in [3.05, 3.63) is 24.3 Å². The minimum Gasteiger partial charge on any atom is -0.309 e. The summed E-state index contributed by atoms with van der Waals surface area (Å²) >= 11 is 0. The molecule has 0 saturated carbocycles. The zero-order valence-corrected chi connectivity index (χ0v) is 9.89. The highest BCUT2D eigenvalue weighted by Gasteiger charge is 2.06. The second-order valence-corrected chi connectivity index (χ2v) is 4.51. The van der Waals surface area contributed by atoms with Crippen LogP contribution in [0.15, 0.2) is 24.3 Å². The van der Waals surface area contributed by atoms with Crippen molar-refractivity contribution in [1.82, 2.24) is 20.1 Å². The summed E-state index contributed by atoms with van der Waals surface area (Å²) in [6, 6.07) is 0.435. The fraction of sp³-hybridized carbons (Fsp3) is 0.667. The maximum atomic E-state index is 4.10. The highest BCUT2D eigenvalue weighted by molar-refractivity contribution is 5.06. The van der Waals surface area contributed by atoms with Gasteiger partial charge < -0.3 is 5.32 Å². The van der Waals surface area contributed by atoms with E-state index in [4.69, 9.17) is 0 Å². The molecule has 1 aliphatic carbocycles. The van der Waals surface area contributed by atoms with Crippen molar-refractivity contribution in [2.24, 2.45) is 0 Å². The third-order valence-electron chi connectivity index (χ3n) is 2.99. The molecule has 0 fully saturated rings. The third-order valence-corrected chi connectivity index (χ3v) is 2.99. The quantitative estimate of drug-likeness (QED) is 0.769. The molecule has 0 aromatic carbocycles. The smallest absolute Gasteiger partial charge is 0.137 e. The zero-order valence-electron chi connectivity index (χ0n) is 9.89. The van der Waals surface area contributed by atoms with Gasteiger partial charge in [-0.25, -0.2) is 4.98 Å². The van der Waals surface area contributed by atoms with Crippen LogP contribution in [-0.2, 0) is 6.54 Å². The van der Waals surface area contributed by atoms with Crippen molar-refractivity contribution >= 4 is 0 Å². The van der Waals surface area contributed by atoms with Crippen molar-refractivity contribution in [1.29, 1.82) is 0 Å². The van der Waals surface area contributed by atoms with Crippen LogP contribution in [0.3, 0.4) is 0 Å². The second kappa shape index (κ2) is 5.80. The summed E-state index contributed by atoms with van der Waals surface area (Å²) in [6.45, 7) is 4.09. The molecule has 1 aromatic rings. The normalized spacial score (nSPS) is 18.2. The van der Waals surface area contributed by atoms with Gasteiger partial charge in [0.1, 0.15) is 12.7 Å². The zero-order chi connectivity index (χ0) is 11.2. The second-order valence-electron chi connectivity index (χ2n) is 4.51. The third kappa shape index (κ3) is 3.45. The maximum Gasteiger partial charge on any atom is 0.137 e. The predicted molar refractivity (Wildman–Crippen MR) is 64.0 cm³/mol. The van der Waals surface area contributed by atoms with E-state index < -0.39 is 0 Å². The van der Waals surface area contributed by atoms with Gasteiger partial charge in [-0.2, -0.15) is 5.10 Å². The average molecular weight is 220 g/mol. The van der Waals surface area contributed by atoms with E-state index in [2.05, 4.69) is 28.4 Å². The van der Waals surface area contributed by atoms with Crippen LogP contribution in [0.5, 0.6) is 0 Å². The van der Waals surface area contributed by atoms with Crippen LogP contribution in [0.4, 0.5) is 0 Å². The Hall–Kier alpha value is -1.16. The predicted octanol–water partition coefficient (Wildman–Crippen LogP) is 1.76. The van der Waals surface area contributed by atoms with Gasteiger partial charge in [0.2, 0.25) is 0 Å². The molecule has 4 heteroatoms. The van der Waals surface area contributed by atoms with E-state index >= 15 is 0 Å². The van der Waals surface area contributed by atoms with E-state index in [0.29, 0.717) is 6.04 Å². The van der Waals surface area contributed by atoms with Crippen molar-refractivity contribution in [3.8, 4) is 0 Å². The first-order valence-corrected chi connectivity index (χ1v) is 6.08. The van der Waals surface area contributed by atoms with E-state index in [1.165, 1.54) is 25.7 Å². The highest BCUT2D eigenvalue weighted by Crippen LogP contribution is 2.16. The van der Waals surface area contributed by atoms with Crippen LogP contribution < -0.4 is 5.32 Å². The largest absolute Gasteiger partial charge is 0.309 e. The Labute approximate surface area is 96.8 Å². The molecule has 0 aliphatic heterocycles. The van der Waals surface area contributed by atoms with Crippen LogP contribution in [0, 0.1) is 0 Å². The van der Waals surface area contributed by atoms with Crippen LogP contribution in [0.1, 0.15) is 32.6 Å². The first-order chi connectivity index (χ1) is 7.84. The number of allylic oxidation sites excluding steroid dienone is 1. The number of hydrogen-bond donors (Lipinski definition) is 1. The molecule has 0 amide bonds. The van der Waals surface area contributed by atoms with Crippen molar-refractivity contribution in [2.75, 3.05) is 6.54 Å². The minimum absolute atomic E-state index is 0.435. The Morgan fingerprint density at radius 1 is 1.50 bits per heavy atom. The van der Waals surface area contributed by atoms with E-state index in [1.807, 2.05) is 4.68 Å². The molecule has 0 unspecified atom stereocenters. The SMILES string of the molecule is C[C@@H](Cn1cncn1)NCC1=CCCCC1. The van der Waals surface area contributed by atoms with Gasteiger partial charge in [-0.15, -0.1) is 0 Å². The molecule has 4 nitrogen and oxygen atoms in total. The lowest BCUT2D eigenvalue weighted by atomic mass is 9.99. The Morgan fingerprint density at radius 2 is 2.44 bits per heavy atom. The van der Waals surface area contributed by atoms with E-state index in [-0.39, 0.29) is 0 Å². The number of hydrogen-bond acceptors (Lipinski definition) is 3. The van der Waals surface area contributed by atoms with E-state index in [9.17, 15) is 0 Å². The summed E-state index contributed by atoms with van der Waals surface area (Å²) in [5.41, 5.74) is 1.57. The van der Waals surface area contributed by atoms with Gasteiger partial charge in [0, 0.05) is 12.6 Å². The summed E-state index contributed by atoms with van der Waals surface area (Å²) < 4.78 is 1.87. The minimum atomic E-state index is 0.435. The fourth-order valence-electron chi connectivity index (χ4n) is 2.04. The van der Waals surface area contributed by atoms with Crippen molar-refractivity contribution in [2.45, 2.75) is 45.2 Å². The molecule has 0 saturated heterocycles. The Bertz CT molecular complexity index is 329. The lowest BCUT2D eigenvalue weighted by Crippen LogP contribution is -2.32. The summed E-state index contributed by atoms with van der Waals surface area (Å²) in [5.74, 6) is 0.